The Kier molecular flexibility index (Phi) is 3.06. The molecule has 0 radical (unpaired) electrons. The average Bonchev–Trinajstić information content (AvgIpc) is 2.80. The molecule has 0 aromatic heterocycles. The molecule has 1 aromatic rings. The molecule has 3 rings (SSSR count). The highest BCUT2D eigenvalue weighted by Gasteiger charge is 2.42. The lowest BCUT2D eigenvalue weighted by molar-refractivity contribution is -0.119. The lowest BCUT2D eigenvalue weighted by Gasteiger charge is -2.19. The van der Waals surface area contributed by atoms with Gasteiger partial charge in [-0.1, -0.05) is 15.9 Å². The van der Waals surface area contributed by atoms with Gasteiger partial charge in [-0.05, 0) is 18.2 Å². The van der Waals surface area contributed by atoms with Gasteiger partial charge in [0.15, 0.2) is 0 Å². The van der Waals surface area contributed by atoms with E-state index in [2.05, 4.69) is 21.2 Å². The Bertz CT molecular complexity index is 561. The number of methoxy groups -OCH3 is 1. The van der Waals surface area contributed by atoms with E-state index in [4.69, 9.17) is 4.74 Å². The number of amides is 2. The molecule has 0 unspecified atom stereocenters. The summed E-state index contributed by atoms with van der Waals surface area (Å²) in [6.45, 7) is 0.458. The van der Waals surface area contributed by atoms with Crippen molar-refractivity contribution in [2.24, 2.45) is 0 Å². The topological polar surface area (TPSA) is 58.6 Å². The Morgan fingerprint density at radius 1 is 1.42 bits per heavy atom. The minimum atomic E-state index is -0.441. The monoisotopic (exact) mass is 324 g/mol. The fraction of sp³-hybridized carbons (Fsp3) is 0.385. The summed E-state index contributed by atoms with van der Waals surface area (Å²) in [5.74, 6) is -0.270. The first-order chi connectivity index (χ1) is 9.10. The first-order valence-electron chi connectivity index (χ1n) is 6.04. The molecule has 5 nitrogen and oxygen atoms in total. The van der Waals surface area contributed by atoms with Crippen LogP contribution in [0.4, 0.5) is 5.69 Å². The standard InChI is InChI=1S/C13H13BrN2O3/c1-19-8-5-11-12(17)15-10-3-2-7(14)4-9(10)13(18)16(11)6-8/h2-4,8,11H,5-6H2,1H3,(H,15,17)/t8-,11+/m0/s1. The molecule has 6 heteroatoms. The Morgan fingerprint density at radius 2 is 2.21 bits per heavy atom. The Labute approximate surface area is 119 Å². The third kappa shape index (κ3) is 2.04. The molecule has 0 spiro atoms. The van der Waals surface area contributed by atoms with Gasteiger partial charge in [-0.25, -0.2) is 0 Å². The highest BCUT2D eigenvalue weighted by molar-refractivity contribution is 9.10. The first-order valence-corrected chi connectivity index (χ1v) is 6.83. The van der Waals surface area contributed by atoms with Crippen LogP contribution in [-0.2, 0) is 9.53 Å². The largest absolute Gasteiger partial charge is 0.380 e. The van der Waals surface area contributed by atoms with Crippen LogP contribution in [0.5, 0.6) is 0 Å². The summed E-state index contributed by atoms with van der Waals surface area (Å²) < 4.78 is 6.08. The van der Waals surface area contributed by atoms with Gasteiger partial charge in [0.05, 0.1) is 17.4 Å². The van der Waals surface area contributed by atoms with Crippen LogP contribution in [0.25, 0.3) is 0 Å². The summed E-state index contributed by atoms with van der Waals surface area (Å²) in [6, 6.07) is 4.84. The molecule has 2 aliphatic heterocycles. The van der Waals surface area contributed by atoms with E-state index < -0.39 is 6.04 Å². The van der Waals surface area contributed by atoms with Crippen molar-refractivity contribution in [3.8, 4) is 0 Å². The van der Waals surface area contributed by atoms with E-state index in [1.165, 1.54) is 0 Å². The minimum Gasteiger partial charge on any atom is -0.380 e. The van der Waals surface area contributed by atoms with Crippen molar-refractivity contribution in [3.63, 3.8) is 0 Å². The summed E-state index contributed by atoms with van der Waals surface area (Å²) >= 11 is 3.35. The van der Waals surface area contributed by atoms with Crippen molar-refractivity contribution in [3.05, 3.63) is 28.2 Å². The number of hydrogen-bond acceptors (Lipinski definition) is 3. The highest BCUT2D eigenvalue weighted by Crippen LogP contribution is 2.31. The molecule has 0 saturated carbocycles. The van der Waals surface area contributed by atoms with E-state index in [1.807, 2.05) is 0 Å². The molecule has 0 aliphatic carbocycles. The Hall–Kier alpha value is -1.40. The zero-order valence-corrected chi connectivity index (χ0v) is 11.9. The van der Waals surface area contributed by atoms with Crippen LogP contribution in [-0.4, -0.2) is 42.5 Å². The molecule has 2 amide bonds. The third-order valence-corrected chi connectivity index (χ3v) is 4.12. The number of halogens is 1. The van der Waals surface area contributed by atoms with Gasteiger partial charge in [-0.3, -0.25) is 9.59 Å². The van der Waals surface area contributed by atoms with Crippen LogP contribution in [0.15, 0.2) is 22.7 Å². The zero-order valence-electron chi connectivity index (χ0n) is 10.4. The molecule has 1 N–H and O–H groups in total. The molecule has 2 atom stereocenters. The minimum absolute atomic E-state index is 0.0756. The SMILES string of the molecule is CO[C@H]1C[C@@H]2C(=O)Nc3ccc(Br)cc3C(=O)N2C1. The molecule has 2 heterocycles. The van der Waals surface area contributed by atoms with E-state index >= 15 is 0 Å². The zero-order chi connectivity index (χ0) is 13.6. The van der Waals surface area contributed by atoms with Crippen LogP contribution >= 0.6 is 15.9 Å². The molecule has 1 fully saturated rings. The van der Waals surface area contributed by atoms with Crippen molar-refractivity contribution in [1.82, 2.24) is 4.90 Å². The number of fused-ring (bicyclic) bond motifs is 2. The maximum absolute atomic E-state index is 12.5. The summed E-state index contributed by atoms with van der Waals surface area (Å²) in [5.41, 5.74) is 1.09. The predicted octanol–water partition coefficient (Wildman–Crippen LogP) is 1.63. The molecule has 19 heavy (non-hydrogen) atoms. The smallest absolute Gasteiger partial charge is 0.256 e. The number of nitrogens with zero attached hydrogens (tertiary/aromatic N) is 1. The van der Waals surface area contributed by atoms with Gasteiger partial charge in [-0.15, -0.1) is 0 Å². The number of nitrogens with one attached hydrogen (secondary N) is 1. The fourth-order valence-electron chi connectivity index (χ4n) is 2.61. The second-order valence-corrected chi connectivity index (χ2v) is 5.66. The summed E-state index contributed by atoms with van der Waals surface area (Å²) in [6.07, 6.45) is 0.469. The van der Waals surface area contributed by atoms with Crippen molar-refractivity contribution < 1.29 is 14.3 Å². The van der Waals surface area contributed by atoms with Gasteiger partial charge in [-0.2, -0.15) is 0 Å². The van der Waals surface area contributed by atoms with Crippen molar-refractivity contribution in [1.29, 1.82) is 0 Å². The normalized spacial score (nSPS) is 25.7. The molecule has 1 saturated heterocycles. The Balaban J connectivity index is 2.04. The number of hydrogen-bond donors (Lipinski definition) is 1. The fourth-order valence-corrected chi connectivity index (χ4v) is 2.98. The molecule has 100 valence electrons. The quantitative estimate of drug-likeness (QED) is 0.854. The summed E-state index contributed by atoms with van der Waals surface area (Å²) in [7, 11) is 1.60. The molecular formula is C13H13BrN2O3. The van der Waals surface area contributed by atoms with E-state index in [0.717, 1.165) is 4.47 Å². The predicted molar refractivity (Wildman–Crippen MR) is 73.0 cm³/mol. The van der Waals surface area contributed by atoms with E-state index in [0.29, 0.717) is 24.2 Å². The first kappa shape index (κ1) is 12.6. The van der Waals surface area contributed by atoms with Crippen molar-refractivity contribution in [2.75, 3.05) is 19.0 Å². The number of ether oxygens (including phenoxy) is 1. The van der Waals surface area contributed by atoms with Crippen LogP contribution in [0.3, 0.4) is 0 Å². The van der Waals surface area contributed by atoms with Crippen LogP contribution in [0.2, 0.25) is 0 Å². The van der Waals surface area contributed by atoms with Crippen LogP contribution in [0, 0.1) is 0 Å². The highest BCUT2D eigenvalue weighted by atomic mass is 79.9. The number of anilines is 1. The van der Waals surface area contributed by atoms with Crippen LogP contribution in [0.1, 0.15) is 16.8 Å². The number of rotatable bonds is 1. The lowest BCUT2D eigenvalue weighted by atomic mass is 10.1. The number of carbonyl (C=O) groups is 2. The van der Waals surface area contributed by atoms with E-state index in [9.17, 15) is 9.59 Å². The van der Waals surface area contributed by atoms with Gasteiger partial charge in [0.1, 0.15) is 6.04 Å². The van der Waals surface area contributed by atoms with Gasteiger partial charge in [0, 0.05) is 24.5 Å². The van der Waals surface area contributed by atoms with Gasteiger partial charge < -0.3 is 15.0 Å². The lowest BCUT2D eigenvalue weighted by Crippen LogP contribution is -2.40. The van der Waals surface area contributed by atoms with Gasteiger partial charge in [0.2, 0.25) is 5.91 Å². The number of benzene rings is 1. The summed E-state index contributed by atoms with van der Waals surface area (Å²) in [5, 5.41) is 2.82. The van der Waals surface area contributed by atoms with Gasteiger partial charge >= 0.3 is 0 Å². The maximum Gasteiger partial charge on any atom is 0.256 e. The second-order valence-electron chi connectivity index (χ2n) is 4.75. The summed E-state index contributed by atoms with van der Waals surface area (Å²) in [4.78, 5) is 26.3. The van der Waals surface area contributed by atoms with Crippen molar-refractivity contribution >= 4 is 33.4 Å². The maximum atomic E-state index is 12.5. The molecule has 1 aromatic carbocycles. The third-order valence-electron chi connectivity index (χ3n) is 3.63. The van der Waals surface area contributed by atoms with Crippen LogP contribution < -0.4 is 5.32 Å². The number of carbonyl (C=O) groups excluding carboxylic acids is 2. The molecule has 2 aliphatic rings. The second kappa shape index (κ2) is 4.61. The van der Waals surface area contributed by atoms with E-state index in [1.54, 1.807) is 30.2 Å². The van der Waals surface area contributed by atoms with Crippen molar-refractivity contribution in [2.45, 2.75) is 18.6 Å². The molecular weight excluding hydrogens is 312 g/mol. The average molecular weight is 325 g/mol. The molecule has 0 bridgehead atoms. The van der Waals surface area contributed by atoms with Gasteiger partial charge in [0.25, 0.3) is 5.91 Å². The Morgan fingerprint density at radius 3 is 2.95 bits per heavy atom. The van der Waals surface area contributed by atoms with E-state index in [-0.39, 0.29) is 17.9 Å².